The quantitative estimate of drug-likeness (QED) is 0.656. The fourth-order valence-electron chi connectivity index (χ4n) is 1.40. The molecule has 1 heterocycles. The van der Waals surface area contributed by atoms with E-state index in [0.29, 0.717) is 27.1 Å². The van der Waals surface area contributed by atoms with Gasteiger partial charge in [-0.1, -0.05) is 23.2 Å². The molecule has 0 aliphatic rings. The van der Waals surface area contributed by atoms with E-state index in [2.05, 4.69) is 10.3 Å². The highest BCUT2D eigenvalue weighted by Gasteiger charge is 2.08. The molecule has 0 atom stereocenters. The van der Waals surface area contributed by atoms with Gasteiger partial charge in [0.1, 0.15) is 5.15 Å². The molecule has 0 unspecified atom stereocenters. The normalized spacial score (nSPS) is 10.1. The van der Waals surface area contributed by atoms with Gasteiger partial charge in [0.15, 0.2) is 0 Å². The summed E-state index contributed by atoms with van der Waals surface area (Å²) in [5.41, 5.74) is 6.98. The van der Waals surface area contributed by atoms with Crippen LogP contribution < -0.4 is 11.1 Å². The molecule has 0 aliphatic carbocycles. The Kier molecular flexibility index (Phi) is 3.69. The van der Waals surface area contributed by atoms with Crippen LogP contribution in [-0.4, -0.2) is 10.9 Å². The Labute approximate surface area is 114 Å². The first-order valence-electron chi connectivity index (χ1n) is 5.03. The molecule has 0 fully saturated rings. The minimum Gasteiger partial charge on any atom is -0.399 e. The van der Waals surface area contributed by atoms with Crippen LogP contribution in [-0.2, 0) is 0 Å². The molecule has 6 heteroatoms. The van der Waals surface area contributed by atoms with Gasteiger partial charge in [-0.2, -0.15) is 0 Å². The number of nitrogens with two attached hydrogens (primary N) is 1. The zero-order valence-electron chi connectivity index (χ0n) is 9.15. The Morgan fingerprint density at radius 1 is 1.22 bits per heavy atom. The molecular formula is C12H9Cl2N3O. The summed E-state index contributed by atoms with van der Waals surface area (Å²) >= 11 is 11.5. The van der Waals surface area contributed by atoms with Crippen LogP contribution in [0.1, 0.15) is 10.4 Å². The Morgan fingerprint density at radius 2 is 2.00 bits per heavy atom. The number of nitrogens with zero attached hydrogens (tertiary/aromatic N) is 1. The third-order valence-electron chi connectivity index (χ3n) is 2.17. The molecule has 3 N–H and O–H groups in total. The number of benzene rings is 1. The average Bonchev–Trinajstić information content (AvgIpc) is 2.31. The molecule has 1 aromatic heterocycles. The lowest BCUT2D eigenvalue weighted by atomic mass is 10.2. The zero-order chi connectivity index (χ0) is 13.1. The van der Waals surface area contributed by atoms with Crippen LogP contribution in [0.25, 0.3) is 0 Å². The van der Waals surface area contributed by atoms with Crippen LogP contribution in [0.15, 0.2) is 36.5 Å². The lowest BCUT2D eigenvalue weighted by Crippen LogP contribution is -2.12. The van der Waals surface area contributed by atoms with Crippen LogP contribution in [0.3, 0.4) is 0 Å². The molecule has 0 spiro atoms. The molecule has 0 aliphatic heterocycles. The topological polar surface area (TPSA) is 68.0 Å². The first-order valence-corrected chi connectivity index (χ1v) is 5.79. The van der Waals surface area contributed by atoms with Gasteiger partial charge in [0.2, 0.25) is 0 Å². The van der Waals surface area contributed by atoms with Crippen molar-refractivity contribution in [3.63, 3.8) is 0 Å². The van der Waals surface area contributed by atoms with Gasteiger partial charge in [-0.05, 0) is 30.3 Å². The summed E-state index contributed by atoms with van der Waals surface area (Å²) in [6.45, 7) is 0. The largest absolute Gasteiger partial charge is 0.399 e. The van der Waals surface area contributed by atoms with E-state index >= 15 is 0 Å². The van der Waals surface area contributed by atoms with Crippen molar-refractivity contribution in [2.24, 2.45) is 0 Å². The lowest BCUT2D eigenvalue weighted by Gasteiger charge is -2.06. The van der Waals surface area contributed by atoms with Gasteiger partial charge in [-0.25, -0.2) is 4.98 Å². The smallest absolute Gasteiger partial charge is 0.255 e. The van der Waals surface area contributed by atoms with Gasteiger partial charge in [-0.3, -0.25) is 4.79 Å². The second-order valence-electron chi connectivity index (χ2n) is 3.60. The van der Waals surface area contributed by atoms with Crippen molar-refractivity contribution >= 4 is 40.5 Å². The van der Waals surface area contributed by atoms with E-state index in [4.69, 9.17) is 28.9 Å². The van der Waals surface area contributed by atoms with E-state index in [1.165, 1.54) is 12.3 Å². The first kappa shape index (κ1) is 12.7. The van der Waals surface area contributed by atoms with Crippen molar-refractivity contribution in [2.45, 2.75) is 0 Å². The summed E-state index contributed by atoms with van der Waals surface area (Å²) in [7, 11) is 0. The molecule has 1 aromatic carbocycles. The Morgan fingerprint density at radius 3 is 2.61 bits per heavy atom. The van der Waals surface area contributed by atoms with E-state index < -0.39 is 0 Å². The van der Waals surface area contributed by atoms with Gasteiger partial charge in [-0.15, -0.1) is 0 Å². The third-order valence-corrected chi connectivity index (χ3v) is 2.61. The minimum absolute atomic E-state index is 0.312. The van der Waals surface area contributed by atoms with Crippen molar-refractivity contribution in [3.05, 3.63) is 52.3 Å². The lowest BCUT2D eigenvalue weighted by molar-refractivity contribution is 0.102. The maximum Gasteiger partial charge on any atom is 0.255 e. The fraction of sp³-hybridized carbons (Fsp3) is 0. The number of hydrogen-bond donors (Lipinski definition) is 2. The molecule has 92 valence electrons. The number of halogens is 2. The van der Waals surface area contributed by atoms with E-state index in [9.17, 15) is 4.79 Å². The fourth-order valence-corrected chi connectivity index (χ4v) is 1.75. The Bertz CT molecular complexity index is 564. The highest BCUT2D eigenvalue weighted by molar-refractivity contribution is 6.31. The van der Waals surface area contributed by atoms with E-state index in [1.807, 2.05) is 0 Å². The summed E-state index contributed by atoms with van der Waals surface area (Å²) < 4.78 is 0. The summed E-state index contributed by atoms with van der Waals surface area (Å²) in [4.78, 5) is 15.8. The van der Waals surface area contributed by atoms with Crippen molar-refractivity contribution in [3.8, 4) is 0 Å². The number of rotatable bonds is 2. The predicted molar refractivity (Wildman–Crippen MR) is 73.1 cm³/mol. The van der Waals surface area contributed by atoms with E-state index in [1.54, 1.807) is 24.3 Å². The van der Waals surface area contributed by atoms with Crippen molar-refractivity contribution in [2.75, 3.05) is 11.1 Å². The third kappa shape index (κ3) is 3.12. The Balaban J connectivity index is 2.19. The SMILES string of the molecule is Nc1cc(Cl)cc(C(=O)Nc2ccc(Cl)nc2)c1. The van der Waals surface area contributed by atoms with Crippen LogP contribution in [0.5, 0.6) is 0 Å². The molecule has 2 rings (SSSR count). The van der Waals surface area contributed by atoms with Gasteiger partial charge < -0.3 is 11.1 Å². The van der Waals surface area contributed by atoms with Gasteiger partial charge >= 0.3 is 0 Å². The molecular weight excluding hydrogens is 273 g/mol. The number of pyridine rings is 1. The van der Waals surface area contributed by atoms with E-state index in [0.717, 1.165) is 0 Å². The Hall–Kier alpha value is -1.78. The molecule has 18 heavy (non-hydrogen) atoms. The zero-order valence-corrected chi connectivity index (χ0v) is 10.7. The first-order chi connectivity index (χ1) is 8.54. The number of nitrogens with one attached hydrogen (secondary N) is 1. The number of nitrogen functional groups attached to an aromatic ring is 1. The molecule has 4 nitrogen and oxygen atoms in total. The average molecular weight is 282 g/mol. The van der Waals surface area contributed by atoms with E-state index in [-0.39, 0.29) is 5.91 Å². The maximum absolute atomic E-state index is 11.9. The van der Waals surface area contributed by atoms with Gasteiger partial charge in [0.05, 0.1) is 11.9 Å². The van der Waals surface area contributed by atoms with Gasteiger partial charge in [0.25, 0.3) is 5.91 Å². The predicted octanol–water partition coefficient (Wildman–Crippen LogP) is 3.22. The van der Waals surface area contributed by atoms with Crippen molar-refractivity contribution < 1.29 is 4.79 Å². The summed E-state index contributed by atoms with van der Waals surface area (Å²) in [6, 6.07) is 7.90. The number of carbonyl (C=O) groups is 1. The highest BCUT2D eigenvalue weighted by Crippen LogP contribution is 2.18. The molecule has 0 saturated heterocycles. The van der Waals surface area contributed by atoms with Crippen LogP contribution in [0.4, 0.5) is 11.4 Å². The standard InChI is InChI=1S/C12H9Cl2N3O/c13-8-3-7(4-9(15)5-8)12(18)17-10-1-2-11(14)16-6-10/h1-6H,15H2,(H,17,18). The van der Waals surface area contributed by atoms with Crippen LogP contribution in [0.2, 0.25) is 10.2 Å². The second-order valence-corrected chi connectivity index (χ2v) is 4.42. The minimum atomic E-state index is -0.312. The monoisotopic (exact) mass is 281 g/mol. The number of carbonyl (C=O) groups excluding carboxylic acids is 1. The molecule has 0 radical (unpaired) electrons. The van der Waals surface area contributed by atoms with Crippen LogP contribution in [0, 0.1) is 0 Å². The summed E-state index contributed by atoms with van der Waals surface area (Å²) in [5.74, 6) is -0.312. The number of anilines is 2. The second kappa shape index (κ2) is 5.25. The number of aromatic nitrogens is 1. The summed E-state index contributed by atoms with van der Waals surface area (Å²) in [6.07, 6.45) is 1.47. The molecule has 0 saturated carbocycles. The number of amides is 1. The number of hydrogen-bond acceptors (Lipinski definition) is 3. The maximum atomic E-state index is 11.9. The molecule has 0 bridgehead atoms. The van der Waals surface area contributed by atoms with Crippen LogP contribution >= 0.6 is 23.2 Å². The van der Waals surface area contributed by atoms with Crippen molar-refractivity contribution in [1.29, 1.82) is 0 Å². The summed E-state index contributed by atoms with van der Waals surface area (Å²) in [5, 5.41) is 3.44. The molecule has 1 amide bonds. The molecule has 2 aromatic rings. The van der Waals surface area contributed by atoms with Crippen molar-refractivity contribution in [1.82, 2.24) is 4.98 Å². The van der Waals surface area contributed by atoms with Gasteiger partial charge in [0, 0.05) is 16.3 Å². The highest BCUT2D eigenvalue weighted by atomic mass is 35.5.